The first-order chi connectivity index (χ1) is 12.4. The standard InChI is InChI=1S/C18H17N3O3S2/c1-4-5-12-24-14-6-8-15(9-7-14)26(22,23)21(3)16-10-11-19-18-17(16)13(2)20-25-18/h6-11H,12H2,1-3H3. The molecule has 0 spiro atoms. The monoisotopic (exact) mass is 387 g/mol. The maximum absolute atomic E-state index is 13.0. The Balaban J connectivity index is 1.93. The number of anilines is 1. The van der Waals surface area contributed by atoms with Crippen molar-refractivity contribution in [2.75, 3.05) is 18.0 Å². The van der Waals surface area contributed by atoms with Gasteiger partial charge in [-0.05, 0) is 55.7 Å². The summed E-state index contributed by atoms with van der Waals surface area (Å²) in [7, 11) is -2.19. The van der Waals surface area contributed by atoms with Crippen LogP contribution in [0.3, 0.4) is 0 Å². The number of ether oxygens (including phenoxy) is 1. The lowest BCUT2D eigenvalue weighted by Gasteiger charge is -2.20. The summed E-state index contributed by atoms with van der Waals surface area (Å²) in [4.78, 5) is 5.15. The van der Waals surface area contributed by atoms with Crippen molar-refractivity contribution >= 4 is 37.5 Å². The van der Waals surface area contributed by atoms with Gasteiger partial charge < -0.3 is 4.74 Å². The number of nitrogens with zero attached hydrogens (tertiary/aromatic N) is 3. The van der Waals surface area contributed by atoms with Crippen LogP contribution < -0.4 is 9.04 Å². The molecule has 0 aliphatic rings. The fraction of sp³-hybridized carbons (Fsp3) is 0.222. The normalized spacial score (nSPS) is 11.0. The third-order valence-electron chi connectivity index (χ3n) is 3.83. The molecular weight excluding hydrogens is 370 g/mol. The number of hydrogen-bond acceptors (Lipinski definition) is 6. The summed E-state index contributed by atoms with van der Waals surface area (Å²) in [5.74, 6) is 6.10. The van der Waals surface area contributed by atoms with Crippen LogP contribution in [0, 0.1) is 18.8 Å². The van der Waals surface area contributed by atoms with Crippen molar-refractivity contribution in [2.45, 2.75) is 18.7 Å². The Morgan fingerprint density at radius 3 is 2.65 bits per heavy atom. The fourth-order valence-electron chi connectivity index (χ4n) is 2.45. The molecule has 0 saturated heterocycles. The Hall–Kier alpha value is -2.63. The lowest BCUT2D eigenvalue weighted by atomic mass is 10.2. The SMILES string of the molecule is CC#CCOc1ccc(S(=O)(=O)N(C)c2ccnc3snc(C)c23)cc1. The molecule has 1 aromatic carbocycles. The van der Waals surface area contributed by atoms with Gasteiger partial charge >= 0.3 is 0 Å². The van der Waals surface area contributed by atoms with Crippen LogP contribution in [-0.2, 0) is 10.0 Å². The number of aromatic nitrogens is 2. The van der Waals surface area contributed by atoms with Gasteiger partial charge in [-0.2, -0.15) is 4.37 Å². The molecule has 0 unspecified atom stereocenters. The van der Waals surface area contributed by atoms with E-state index in [2.05, 4.69) is 21.2 Å². The van der Waals surface area contributed by atoms with Crippen LogP contribution in [0.15, 0.2) is 41.4 Å². The lowest BCUT2D eigenvalue weighted by Crippen LogP contribution is -2.26. The van der Waals surface area contributed by atoms with Crippen LogP contribution >= 0.6 is 11.5 Å². The highest BCUT2D eigenvalue weighted by Crippen LogP contribution is 2.32. The summed E-state index contributed by atoms with van der Waals surface area (Å²) < 4.78 is 37.0. The highest BCUT2D eigenvalue weighted by atomic mass is 32.2. The molecule has 0 radical (unpaired) electrons. The first kappa shape index (κ1) is 18.2. The molecule has 8 heteroatoms. The summed E-state index contributed by atoms with van der Waals surface area (Å²) in [6.07, 6.45) is 1.59. The summed E-state index contributed by atoms with van der Waals surface area (Å²) >= 11 is 1.25. The molecule has 26 heavy (non-hydrogen) atoms. The summed E-state index contributed by atoms with van der Waals surface area (Å²) in [5, 5.41) is 0.752. The molecule has 2 heterocycles. The van der Waals surface area contributed by atoms with E-state index in [1.807, 2.05) is 6.92 Å². The molecule has 0 aliphatic heterocycles. The minimum absolute atomic E-state index is 0.180. The largest absolute Gasteiger partial charge is 0.481 e. The van der Waals surface area contributed by atoms with Gasteiger partial charge in [-0.3, -0.25) is 4.31 Å². The van der Waals surface area contributed by atoms with Crippen molar-refractivity contribution in [1.29, 1.82) is 0 Å². The summed E-state index contributed by atoms with van der Waals surface area (Å²) in [6.45, 7) is 3.84. The molecule has 0 amide bonds. The quantitative estimate of drug-likeness (QED) is 0.629. The smallest absolute Gasteiger partial charge is 0.264 e. The van der Waals surface area contributed by atoms with Crippen LogP contribution in [-0.4, -0.2) is 31.4 Å². The molecule has 134 valence electrons. The van der Waals surface area contributed by atoms with Crippen molar-refractivity contribution < 1.29 is 13.2 Å². The molecule has 3 rings (SSSR count). The molecule has 0 aliphatic carbocycles. The minimum Gasteiger partial charge on any atom is -0.481 e. The van der Waals surface area contributed by atoms with Crippen molar-refractivity contribution in [1.82, 2.24) is 9.36 Å². The van der Waals surface area contributed by atoms with Gasteiger partial charge in [-0.1, -0.05) is 5.92 Å². The second-order valence-corrected chi connectivity index (χ2v) is 8.16. The zero-order valence-electron chi connectivity index (χ0n) is 14.6. The number of pyridine rings is 1. The van der Waals surface area contributed by atoms with E-state index < -0.39 is 10.0 Å². The van der Waals surface area contributed by atoms with Gasteiger partial charge in [0.1, 0.15) is 17.2 Å². The second-order valence-electron chi connectivity index (χ2n) is 5.44. The number of benzene rings is 1. The number of aryl methyl sites for hydroxylation is 1. The van der Waals surface area contributed by atoms with E-state index in [1.165, 1.54) is 35.0 Å². The van der Waals surface area contributed by atoms with Crippen LogP contribution in [0.4, 0.5) is 5.69 Å². The molecule has 0 bridgehead atoms. The third-order valence-corrected chi connectivity index (χ3v) is 6.47. The molecular formula is C18H17N3O3S2. The van der Waals surface area contributed by atoms with Crippen molar-refractivity contribution in [3.63, 3.8) is 0 Å². The van der Waals surface area contributed by atoms with E-state index in [-0.39, 0.29) is 11.5 Å². The van der Waals surface area contributed by atoms with Gasteiger partial charge in [0.25, 0.3) is 10.0 Å². The average Bonchev–Trinajstić information content (AvgIpc) is 3.03. The fourth-order valence-corrected chi connectivity index (χ4v) is 4.42. The van der Waals surface area contributed by atoms with Crippen LogP contribution in [0.2, 0.25) is 0 Å². The van der Waals surface area contributed by atoms with E-state index in [9.17, 15) is 8.42 Å². The summed E-state index contributed by atoms with van der Waals surface area (Å²) in [5.41, 5.74) is 1.32. The summed E-state index contributed by atoms with van der Waals surface area (Å²) in [6, 6.07) is 7.98. The van der Waals surface area contributed by atoms with E-state index >= 15 is 0 Å². The van der Waals surface area contributed by atoms with Gasteiger partial charge in [0.2, 0.25) is 0 Å². The average molecular weight is 387 g/mol. The number of hydrogen-bond donors (Lipinski definition) is 0. The van der Waals surface area contributed by atoms with Crippen molar-refractivity contribution in [3.8, 4) is 17.6 Å². The van der Waals surface area contributed by atoms with Gasteiger partial charge in [0.05, 0.1) is 21.7 Å². The molecule has 2 aromatic heterocycles. The zero-order valence-corrected chi connectivity index (χ0v) is 16.2. The van der Waals surface area contributed by atoms with Crippen molar-refractivity contribution in [3.05, 3.63) is 42.2 Å². The maximum atomic E-state index is 13.0. The Bertz CT molecular complexity index is 1090. The highest BCUT2D eigenvalue weighted by Gasteiger charge is 2.24. The predicted molar refractivity (Wildman–Crippen MR) is 103 cm³/mol. The van der Waals surface area contributed by atoms with E-state index in [1.54, 1.807) is 31.3 Å². The topological polar surface area (TPSA) is 72.4 Å². The molecule has 0 atom stereocenters. The first-order valence-corrected chi connectivity index (χ1v) is 9.99. The molecule has 0 N–H and O–H groups in total. The number of rotatable bonds is 5. The Kier molecular flexibility index (Phi) is 5.11. The van der Waals surface area contributed by atoms with E-state index in [0.29, 0.717) is 16.3 Å². The van der Waals surface area contributed by atoms with Gasteiger partial charge in [-0.25, -0.2) is 13.4 Å². The molecule has 0 saturated carbocycles. The second kappa shape index (κ2) is 7.32. The predicted octanol–water partition coefficient (Wildman–Crippen LogP) is 3.23. The maximum Gasteiger partial charge on any atom is 0.264 e. The Morgan fingerprint density at radius 1 is 1.23 bits per heavy atom. The minimum atomic E-state index is -3.72. The van der Waals surface area contributed by atoms with Crippen LogP contribution in [0.1, 0.15) is 12.6 Å². The third kappa shape index (κ3) is 3.36. The van der Waals surface area contributed by atoms with E-state index in [0.717, 1.165) is 11.1 Å². The zero-order chi connectivity index (χ0) is 18.7. The first-order valence-electron chi connectivity index (χ1n) is 7.77. The van der Waals surface area contributed by atoms with Gasteiger partial charge in [0, 0.05) is 13.2 Å². The number of sulfonamides is 1. The molecule has 6 nitrogen and oxygen atoms in total. The molecule has 0 fully saturated rings. The van der Waals surface area contributed by atoms with Crippen LogP contribution in [0.5, 0.6) is 5.75 Å². The molecule has 3 aromatic rings. The van der Waals surface area contributed by atoms with Crippen LogP contribution in [0.25, 0.3) is 10.2 Å². The lowest BCUT2D eigenvalue weighted by molar-refractivity contribution is 0.370. The Labute approximate surface area is 156 Å². The Morgan fingerprint density at radius 2 is 1.96 bits per heavy atom. The van der Waals surface area contributed by atoms with E-state index in [4.69, 9.17) is 4.74 Å². The number of fused-ring (bicyclic) bond motifs is 1. The highest BCUT2D eigenvalue weighted by molar-refractivity contribution is 7.92. The van der Waals surface area contributed by atoms with Crippen molar-refractivity contribution in [2.24, 2.45) is 0 Å². The van der Waals surface area contributed by atoms with Gasteiger partial charge in [-0.15, -0.1) is 5.92 Å². The van der Waals surface area contributed by atoms with Gasteiger partial charge in [0.15, 0.2) is 0 Å².